The van der Waals surface area contributed by atoms with Gasteiger partial charge in [0.05, 0.1) is 0 Å². The minimum Gasteiger partial charge on any atom is -0.0847 e. The van der Waals surface area contributed by atoms with Gasteiger partial charge in [0, 0.05) is 0 Å². The van der Waals surface area contributed by atoms with E-state index in [9.17, 15) is 0 Å². The molecule has 0 bridgehead atoms. The van der Waals surface area contributed by atoms with Crippen molar-refractivity contribution < 1.29 is 0 Å². The summed E-state index contributed by atoms with van der Waals surface area (Å²) in [5, 5.41) is 0. The normalized spacial score (nSPS) is 60.6. The molecule has 0 heterocycles. The highest BCUT2D eigenvalue weighted by Crippen LogP contribution is 2.70. The van der Waals surface area contributed by atoms with Gasteiger partial charge in [-0.15, -0.1) is 0 Å². The summed E-state index contributed by atoms with van der Waals surface area (Å²) in [5.41, 5.74) is 1.80. The fraction of sp³-hybridized carbons (Fsp3) is 0.714. The smallest absolute Gasteiger partial charge is 0.0134 e. The highest BCUT2D eigenvalue weighted by Gasteiger charge is 2.61. The molecule has 0 amide bonds. The lowest BCUT2D eigenvalue weighted by Crippen LogP contribution is -2.01. The number of hydrogen-bond donors (Lipinski definition) is 0. The third-order valence-corrected chi connectivity index (χ3v) is 2.88. The Morgan fingerprint density at radius 1 is 1.43 bits per heavy atom. The summed E-state index contributed by atoms with van der Waals surface area (Å²) < 4.78 is 0. The SMILES string of the molecule is C1=C2C[C@H]3C(C1)C23. The monoisotopic (exact) mass is 92.1 g/mol. The van der Waals surface area contributed by atoms with Crippen molar-refractivity contribution >= 4 is 0 Å². The first-order chi connectivity index (χ1) is 3.47. The zero-order valence-electron chi connectivity index (χ0n) is 4.22. The first-order valence-electron chi connectivity index (χ1n) is 3.16. The average Bonchev–Trinajstić information content (AvgIpc) is 2.02. The number of hydrogen-bond acceptors (Lipinski definition) is 0. The molecule has 3 aliphatic rings. The molecule has 2 unspecified atom stereocenters. The molecule has 3 atom stereocenters. The van der Waals surface area contributed by atoms with Gasteiger partial charge in [-0.1, -0.05) is 11.6 Å². The van der Waals surface area contributed by atoms with E-state index in [0.29, 0.717) is 0 Å². The molecule has 0 aromatic heterocycles. The third-order valence-electron chi connectivity index (χ3n) is 2.88. The minimum atomic E-state index is 1.14. The van der Waals surface area contributed by atoms with Crippen LogP contribution in [0.1, 0.15) is 12.8 Å². The van der Waals surface area contributed by atoms with Gasteiger partial charge >= 0.3 is 0 Å². The van der Waals surface area contributed by atoms with Gasteiger partial charge in [-0.3, -0.25) is 0 Å². The van der Waals surface area contributed by atoms with Crippen LogP contribution in [0.2, 0.25) is 0 Å². The molecule has 2 saturated carbocycles. The van der Waals surface area contributed by atoms with Gasteiger partial charge in [0.1, 0.15) is 0 Å². The predicted octanol–water partition coefficient (Wildman–Crippen LogP) is 1.58. The van der Waals surface area contributed by atoms with Crippen molar-refractivity contribution in [1.29, 1.82) is 0 Å². The molecule has 0 aromatic carbocycles. The van der Waals surface area contributed by atoms with Gasteiger partial charge < -0.3 is 0 Å². The van der Waals surface area contributed by atoms with Crippen LogP contribution in [0.15, 0.2) is 11.6 Å². The van der Waals surface area contributed by atoms with Crippen LogP contribution in [0.5, 0.6) is 0 Å². The van der Waals surface area contributed by atoms with Crippen LogP contribution in [0.3, 0.4) is 0 Å². The van der Waals surface area contributed by atoms with E-state index < -0.39 is 0 Å². The van der Waals surface area contributed by atoms with Crippen molar-refractivity contribution in [2.45, 2.75) is 12.8 Å². The second-order valence-corrected chi connectivity index (χ2v) is 3.07. The van der Waals surface area contributed by atoms with E-state index >= 15 is 0 Å². The highest BCUT2D eigenvalue weighted by atomic mass is 14.7. The molecular weight excluding hydrogens is 84.1 g/mol. The van der Waals surface area contributed by atoms with Crippen LogP contribution in [-0.2, 0) is 0 Å². The molecule has 36 valence electrons. The Balaban J connectivity index is 2.25. The van der Waals surface area contributed by atoms with E-state index in [1.54, 1.807) is 5.57 Å². The molecule has 0 aliphatic heterocycles. The Hall–Kier alpha value is -0.260. The number of allylic oxidation sites excluding steroid dienone is 2. The van der Waals surface area contributed by atoms with Crippen molar-refractivity contribution in [2.24, 2.45) is 17.8 Å². The van der Waals surface area contributed by atoms with E-state index in [0.717, 1.165) is 11.8 Å². The Morgan fingerprint density at radius 2 is 2.43 bits per heavy atom. The molecule has 0 N–H and O–H groups in total. The van der Waals surface area contributed by atoms with Crippen molar-refractivity contribution in [1.82, 2.24) is 0 Å². The molecule has 3 aliphatic carbocycles. The van der Waals surface area contributed by atoms with Gasteiger partial charge in [0.25, 0.3) is 0 Å². The molecule has 0 heteroatoms. The lowest BCUT2D eigenvalue weighted by Gasteiger charge is -2.14. The second kappa shape index (κ2) is 0.594. The van der Waals surface area contributed by atoms with Gasteiger partial charge in [-0.25, -0.2) is 0 Å². The minimum absolute atomic E-state index is 1.14. The van der Waals surface area contributed by atoms with Crippen LogP contribution in [0.25, 0.3) is 0 Å². The molecule has 7 heavy (non-hydrogen) atoms. The van der Waals surface area contributed by atoms with E-state index in [2.05, 4.69) is 6.08 Å². The fourth-order valence-corrected chi connectivity index (χ4v) is 2.35. The predicted molar refractivity (Wildman–Crippen MR) is 27.8 cm³/mol. The van der Waals surface area contributed by atoms with Crippen LogP contribution in [0.4, 0.5) is 0 Å². The van der Waals surface area contributed by atoms with E-state index in [1.165, 1.54) is 18.8 Å². The number of rotatable bonds is 0. The Labute approximate surface area is 43.2 Å². The third kappa shape index (κ3) is 0.155. The van der Waals surface area contributed by atoms with E-state index in [1.807, 2.05) is 0 Å². The maximum absolute atomic E-state index is 2.45. The molecule has 0 saturated heterocycles. The molecule has 2 fully saturated rings. The summed E-state index contributed by atoms with van der Waals surface area (Å²) in [6, 6.07) is 0. The van der Waals surface area contributed by atoms with E-state index in [-0.39, 0.29) is 0 Å². The second-order valence-electron chi connectivity index (χ2n) is 3.07. The average molecular weight is 92.1 g/mol. The van der Waals surface area contributed by atoms with Crippen LogP contribution in [-0.4, -0.2) is 0 Å². The van der Waals surface area contributed by atoms with Crippen molar-refractivity contribution in [2.75, 3.05) is 0 Å². The van der Waals surface area contributed by atoms with Crippen LogP contribution < -0.4 is 0 Å². The number of fused-ring (bicyclic) bond motifs is 1. The summed E-state index contributed by atoms with van der Waals surface area (Å²) in [7, 11) is 0. The summed E-state index contributed by atoms with van der Waals surface area (Å²) >= 11 is 0. The van der Waals surface area contributed by atoms with Gasteiger partial charge in [-0.05, 0) is 30.6 Å². The Morgan fingerprint density at radius 3 is 2.57 bits per heavy atom. The molecular formula is C7H8. The molecule has 0 spiro atoms. The standard InChI is InChI=1S/C7H8/c1-2-5-6-3-4(1)7(5)6/h1,5-7H,2-3H2/t5?,6-,7?/m0/s1. The topological polar surface area (TPSA) is 0 Å². The maximum atomic E-state index is 2.45. The highest BCUT2D eigenvalue weighted by molar-refractivity contribution is 5.37. The van der Waals surface area contributed by atoms with Crippen molar-refractivity contribution in [3.05, 3.63) is 11.6 Å². The summed E-state index contributed by atoms with van der Waals surface area (Å²) in [6.07, 6.45) is 5.37. The zero-order chi connectivity index (χ0) is 4.43. The fourth-order valence-electron chi connectivity index (χ4n) is 2.35. The summed E-state index contributed by atoms with van der Waals surface area (Å²) in [5.74, 6) is 3.50. The van der Waals surface area contributed by atoms with Crippen molar-refractivity contribution in [3.63, 3.8) is 0 Å². The Bertz CT molecular complexity index is 155. The summed E-state index contributed by atoms with van der Waals surface area (Å²) in [6.45, 7) is 0. The van der Waals surface area contributed by atoms with Crippen LogP contribution in [0, 0.1) is 17.8 Å². The van der Waals surface area contributed by atoms with E-state index in [4.69, 9.17) is 0 Å². The van der Waals surface area contributed by atoms with Crippen LogP contribution >= 0.6 is 0 Å². The first-order valence-corrected chi connectivity index (χ1v) is 3.16. The summed E-state index contributed by atoms with van der Waals surface area (Å²) in [4.78, 5) is 0. The molecule has 0 nitrogen and oxygen atoms in total. The van der Waals surface area contributed by atoms with Gasteiger partial charge in [0.15, 0.2) is 0 Å². The zero-order valence-corrected chi connectivity index (χ0v) is 4.22. The quantitative estimate of drug-likeness (QED) is 0.398. The molecule has 3 rings (SSSR count). The Kier molecular flexibility index (Phi) is 0.247. The lowest BCUT2D eigenvalue weighted by atomic mass is 9.92. The largest absolute Gasteiger partial charge is 0.0847 e. The maximum Gasteiger partial charge on any atom is -0.0134 e. The van der Waals surface area contributed by atoms with Gasteiger partial charge in [-0.2, -0.15) is 0 Å². The van der Waals surface area contributed by atoms with Gasteiger partial charge in [0.2, 0.25) is 0 Å². The molecule has 0 aromatic rings. The molecule has 0 radical (unpaired) electrons. The lowest BCUT2D eigenvalue weighted by molar-refractivity contribution is 0.597. The van der Waals surface area contributed by atoms with Crippen molar-refractivity contribution in [3.8, 4) is 0 Å². The first kappa shape index (κ1) is 2.91.